The van der Waals surface area contributed by atoms with Gasteiger partial charge in [0.15, 0.2) is 0 Å². The first-order valence-electron chi connectivity index (χ1n) is 6.10. The fraction of sp³-hybridized carbons (Fsp3) is 0.462. The van der Waals surface area contributed by atoms with Crippen LogP contribution in [0.4, 0.5) is 5.82 Å². The predicted molar refractivity (Wildman–Crippen MR) is 84.5 cm³/mol. The molecule has 1 aromatic rings. The highest BCUT2D eigenvalue weighted by molar-refractivity contribution is 9.15. The largest absolute Gasteiger partial charge is 0.373 e. The van der Waals surface area contributed by atoms with Crippen LogP contribution in [0.5, 0.6) is 0 Å². The number of halogens is 1. The summed E-state index contributed by atoms with van der Waals surface area (Å²) in [5.41, 5.74) is 1.12. The summed E-state index contributed by atoms with van der Waals surface area (Å²) < 4.78 is 1.11. The molecular weight excluding hydrogens is 310 g/mol. The van der Waals surface area contributed by atoms with Crippen LogP contribution in [0.15, 0.2) is 24.4 Å². The second kappa shape index (κ2) is 7.16. The molecule has 0 bridgehead atoms. The Bertz CT molecular complexity index is 416. The van der Waals surface area contributed by atoms with Gasteiger partial charge in [0, 0.05) is 54.4 Å². The Morgan fingerprint density at radius 1 is 1.56 bits per heavy atom. The quantitative estimate of drug-likeness (QED) is 0.920. The zero-order valence-corrected chi connectivity index (χ0v) is 12.9. The monoisotopic (exact) mass is 327 g/mol. The summed E-state index contributed by atoms with van der Waals surface area (Å²) >= 11 is 5.69. The summed E-state index contributed by atoms with van der Waals surface area (Å²) in [6.07, 6.45) is 4.03. The average Bonchev–Trinajstić information content (AvgIpc) is 2.45. The molecule has 0 aromatic carbocycles. The van der Waals surface area contributed by atoms with Crippen molar-refractivity contribution in [2.24, 2.45) is 0 Å². The molecule has 0 amide bonds. The summed E-state index contributed by atoms with van der Waals surface area (Å²) in [4.78, 5) is 6.79. The summed E-state index contributed by atoms with van der Waals surface area (Å²) in [5, 5.41) is 3.12. The lowest BCUT2D eigenvalue weighted by Crippen LogP contribution is -2.32. The SMILES string of the molecule is CNc1ncccc1/C(Br)=C/CN1CCSCC1. The normalized spacial score (nSPS) is 17.8. The van der Waals surface area contributed by atoms with Gasteiger partial charge in [0.25, 0.3) is 0 Å². The summed E-state index contributed by atoms with van der Waals surface area (Å²) in [6, 6.07) is 4.04. The molecule has 2 rings (SSSR count). The molecule has 3 nitrogen and oxygen atoms in total. The molecule has 2 heterocycles. The molecule has 18 heavy (non-hydrogen) atoms. The molecule has 1 aliphatic rings. The van der Waals surface area contributed by atoms with E-state index >= 15 is 0 Å². The van der Waals surface area contributed by atoms with E-state index < -0.39 is 0 Å². The van der Waals surface area contributed by atoms with Gasteiger partial charge in [-0.1, -0.05) is 22.0 Å². The van der Waals surface area contributed by atoms with E-state index in [0.29, 0.717) is 0 Å². The number of rotatable bonds is 4. The molecule has 0 radical (unpaired) electrons. The van der Waals surface area contributed by atoms with Crippen molar-refractivity contribution in [2.45, 2.75) is 0 Å². The number of hydrogen-bond donors (Lipinski definition) is 1. The molecule has 1 saturated heterocycles. The summed E-state index contributed by atoms with van der Waals surface area (Å²) in [7, 11) is 1.90. The molecule has 98 valence electrons. The Labute approximate surface area is 121 Å². The maximum Gasteiger partial charge on any atom is 0.134 e. The van der Waals surface area contributed by atoms with Crippen LogP contribution in [0.1, 0.15) is 5.56 Å². The van der Waals surface area contributed by atoms with Crippen LogP contribution in [-0.4, -0.2) is 48.1 Å². The van der Waals surface area contributed by atoms with Gasteiger partial charge in [-0.25, -0.2) is 4.98 Å². The van der Waals surface area contributed by atoms with Crippen molar-refractivity contribution in [3.05, 3.63) is 30.0 Å². The molecule has 1 N–H and O–H groups in total. The van der Waals surface area contributed by atoms with Gasteiger partial charge in [0.1, 0.15) is 5.82 Å². The second-order valence-electron chi connectivity index (χ2n) is 4.11. The van der Waals surface area contributed by atoms with Crippen LogP contribution < -0.4 is 5.32 Å². The third kappa shape index (κ3) is 3.73. The number of thioether (sulfide) groups is 1. The topological polar surface area (TPSA) is 28.2 Å². The predicted octanol–water partition coefficient (Wildman–Crippen LogP) is 2.91. The van der Waals surface area contributed by atoms with Crippen molar-refractivity contribution in [2.75, 3.05) is 43.5 Å². The molecule has 0 spiro atoms. The lowest BCUT2D eigenvalue weighted by molar-refractivity contribution is 0.336. The van der Waals surface area contributed by atoms with Crippen molar-refractivity contribution in [3.8, 4) is 0 Å². The standard InChI is InChI=1S/C13H18BrN3S/c1-15-13-11(3-2-5-16-13)12(14)4-6-17-7-9-18-10-8-17/h2-5H,6-10H2,1H3,(H,15,16)/b12-4-. The molecule has 5 heteroatoms. The minimum Gasteiger partial charge on any atom is -0.373 e. The molecule has 0 atom stereocenters. The third-order valence-corrected chi connectivity index (χ3v) is 4.63. The van der Waals surface area contributed by atoms with E-state index in [4.69, 9.17) is 0 Å². The molecule has 1 fully saturated rings. The molecular formula is C13H18BrN3S. The van der Waals surface area contributed by atoms with Crippen LogP contribution >= 0.6 is 27.7 Å². The average molecular weight is 328 g/mol. The Hall–Kier alpha value is -0.520. The minimum atomic E-state index is 0.912. The van der Waals surface area contributed by atoms with E-state index in [1.54, 1.807) is 6.20 Å². The van der Waals surface area contributed by atoms with E-state index in [1.807, 2.05) is 24.9 Å². The van der Waals surface area contributed by atoms with Gasteiger partial charge < -0.3 is 5.32 Å². The van der Waals surface area contributed by atoms with Crippen molar-refractivity contribution < 1.29 is 0 Å². The van der Waals surface area contributed by atoms with Crippen molar-refractivity contribution in [3.63, 3.8) is 0 Å². The van der Waals surface area contributed by atoms with Crippen molar-refractivity contribution in [1.29, 1.82) is 0 Å². The molecule has 0 saturated carbocycles. The van der Waals surface area contributed by atoms with Gasteiger partial charge in [-0.05, 0) is 12.1 Å². The Morgan fingerprint density at radius 2 is 2.33 bits per heavy atom. The van der Waals surface area contributed by atoms with Gasteiger partial charge in [0.2, 0.25) is 0 Å². The van der Waals surface area contributed by atoms with Gasteiger partial charge in [-0.3, -0.25) is 4.90 Å². The van der Waals surface area contributed by atoms with Crippen LogP contribution in [-0.2, 0) is 0 Å². The zero-order valence-electron chi connectivity index (χ0n) is 10.5. The summed E-state index contributed by atoms with van der Waals surface area (Å²) in [6.45, 7) is 3.37. The number of nitrogens with one attached hydrogen (secondary N) is 1. The second-order valence-corrected chi connectivity index (χ2v) is 6.19. The molecule has 0 aliphatic carbocycles. The van der Waals surface area contributed by atoms with E-state index in [9.17, 15) is 0 Å². The highest BCUT2D eigenvalue weighted by atomic mass is 79.9. The lowest BCUT2D eigenvalue weighted by Gasteiger charge is -2.24. The molecule has 1 aliphatic heterocycles. The third-order valence-electron chi connectivity index (χ3n) is 2.93. The van der Waals surface area contributed by atoms with Crippen LogP contribution in [0.2, 0.25) is 0 Å². The fourth-order valence-electron chi connectivity index (χ4n) is 1.90. The van der Waals surface area contributed by atoms with Crippen LogP contribution in [0, 0.1) is 0 Å². The Kier molecular flexibility index (Phi) is 5.53. The van der Waals surface area contributed by atoms with E-state index in [1.165, 1.54) is 24.6 Å². The molecule has 1 aromatic heterocycles. The molecule has 0 unspecified atom stereocenters. The zero-order chi connectivity index (χ0) is 12.8. The van der Waals surface area contributed by atoms with Gasteiger partial charge in [-0.15, -0.1) is 0 Å². The highest BCUT2D eigenvalue weighted by Gasteiger charge is 2.10. The first-order valence-corrected chi connectivity index (χ1v) is 8.05. The number of pyridine rings is 1. The van der Waals surface area contributed by atoms with Crippen LogP contribution in [0.25, 0.3) is 4.48 Å². The smallest absolute Gasteiger partial charge is 0.134 e. The van der Waals surface area contributed by atoms with Crippen molar-refractivity contribution in [1.82, 2.24) is 9.88 Å². The Morgan fingerprint density at radius 3 is 3.06 bits per heavy atom. The highest BCUT2D eigenvalue weighted by Crippen LogP contribution is 2.26. The van der Waals surface area contributed by atoms with E-state index in [-0.39, 0.29) is 0 Å². The van der Waals surface area contributed by atoms with Gasteiger partial charge in [-0.2, -0.15) is 11.8 Å². The lowest BCUT2D eigenvalue weighted by atomic mass is 10.2. The van der Waals surface area contributed by atoms with Crippen molar-refractivity contribution >= 4 is 38.0 Å². The minimum absolute atomic E-state index is 0.912. The maximum atomic E-state index is 4.31. The summed E-state index contributed by atoms with van der Waals surface area (Å²) in [5.74, 6) is 3.41. The van der Waals surface area contributed by atoms with Gasteiger partial charge >= 0.3 is 0 Å². The Balaban J connectivity index is 2.02. The first kappa shape index (κ1) is 13.9. The van der Waals surface area contributed by atoms with Crippen LogP contribution in [0.3, 0.4) is 0 Å². The fourth-order valence-corrected chi connectivity index (χ4v) is 3.34. The number of anilines is 1. The van der Waals surface area contributed by atoms with E-state index in [2.05, 4.69) is 43.3 Å². The number of aromatic nitrogens is 1. The maximum absolute atomic E-state index is 4.31. The van der Waals surface area contributed by atoms with Gasteiger partial charge in [0.05, 0.1) is 0 Å². The first-order chi connectivity index (χ1) is 8.81. The van der Waals surface area contributed by atoms with E-state index in [0.717, 1.165) is 22.4 Å². The number of nitrogens with zero attached hydrogens (tertiary/aromatic N) is 2. The number of hydrogen-bond acceptors (Lipinski definition) is 4.